The summed E-state index contributed by atoms with van der Waals surface area (Å²) in [4.78, 5) is 31.0. The van der Waals surface area contributed by atoms with Crippen LogP contribution in [0.25, 0.3) is 5.70 Å². The normalized spacial score (nSPS) is 23.5. The molecule has 1 aliphatic heterocycles. The minimum atomic E-state index is -0.345. The van der Waals surface area contributed by atoms with Crippen molar-refractivity contribution >= 4 is 23.0 Å². The molecule has 2 aromatic carbocycles. The summed E-state index contributed by atoms with van der Waals surface area (Å²) in [5.41, 5.74) is 4.84. The first kappa shape index (κ1) is 16.2. The molecule has 0 N–H and O–H groups in total. The fraction of sp³-hybridized carbons (Fsp3) is 0.261. The number of nitrogens with zero attached hydrogens (tertiary/aromatic N) is 1. The molecule has 5 rings (SSSR count). The Bertz CT molecular complexity index is 1050. The lowest BCUT2D eigenvalue weighted by Crippen LogP contribution is -2.37. The van der Waals surface area contributed by atoms with Crippen molar-refractivity contribution in [2.75, 3.05) is 7.11 Å². The maximum absolute atomic E-state index is 13.3. The van der Waals surface area contributed by atoms with Gasteiger partial charge in [0, 0.05) is 34.8 Å². The van der Waals surface area contributed by atoms with Crippen LogP contribution in [-0.2, 0) is 4.79 Å². The van der Waals surface area contributed by atoms with Crippen molar-refractivity contribution in [2.24, 2.45) is 10.9 Å². The molecule has 0 radical (unpaired) electrons. The molecule has 1 saturated carbocycles. The van der Waals surface area contributed by atoms with Crippen molar-refractivity contribution in [3.63, 3.8) is 0 Å². The first-order valence-corrected chi connectivity index (χ1v) is 9.31. The molecule has 3 aliphatic rings. The van der Waals surface area contributed by atoms with E-state index in [1.807, 2.05) is 48.5 Å². The topological polar surface area (TPSA) is 55.7 Å². The number of allylic oxidation sites excluding steroid dienone is 1. The van der Waals surface area contributed by atoms with E-state index in [1.54, 1.807) is 7.11 Å². The van der Waals surface area contributed by atoms with Gasteiger partial charge in [-0.05, 0) is 30.5 Å². The van der Waals surface area contributed by atoms with Crippen LogP contribution < -0.4 is 4.74 Å². The minimum absolute atomic E-state index is 0.00501. The van der Waals surface area contributed by atoms with Gasteiger partial charge in [0.2, 0.25) is 0 Å². The van der Waals surface area contributed by atoms with Gasteiger partial charge < -0.3 is 4.74 Å². The molecule has 0 bridgehead atoms. The van der Waals surface area contributed by atoms with Crippen molar-refractivity contribution in [1.82, 2.24) is 0 Å². The number of aliphatic imine (C=N–C) groups is 1. The Balaban J connectivity index is 1.75. The van der Waals surface area contributed by atoms with Crippen molar-refractivity contribution in [3.8, 4) is 5.75 Å². The number of hydrogen-bond acceptors (Lipinski definition) is 4. The monoisotopic (exact) mass is 357 g/mol. The maximum atomic E-state index is 13.3. The highest BCUT2D eigenvalue weighted by atomic mass is 16.5. The quantitative estimate of drug-likeness (QED) is 0.809. The average molecular weight is 357 g/mol. The number of fused-ring (bicyclic) bond motifs is 3. The van der Waals surface area contributed by atoms with Crippen LogP contribution in [0.5, 0.6) is 5.75 Å². The van der Waals surface area contributed by atoms with E-state index in [2.05, 4.69) is 0 Å². The lowest BCUT2D eigenvalue weighted by Gasteiger charge is -2.34. The van der Waals surface area contributed by atoms with Gasteiger partial charge >= 0.3 is 0 Å². The number of hydrogen-bond donors (Lipinski definition) is 0. The Morgan fingerprint density at radius 2 is 1.78 bits per heavy atom. The smallest absolute Gasteiger partial charge is 0.192 e. The Morgan fingerprint density at radius 3 is 2.59 bits per heavy atom. The summed E-state index contributed by atoms with van der Waals surface area (Å²) in [7, 11) is 1.62. The zero-order valence-electron chi connectivity index (χ0n) is 15.1. The molecular formula is C23H19NO3. The third-order valence-electron chi connectivity index (χ3n) is 5.84. The number of ether oxygens (including phenoxy) is 1. The predicted molar refractivity (Wildman–Crippen MR) is 103 cm³/mol. The van der Waals surface area contributed by atoms with Gasteiger partial charge in [-0.2, -0.15) is 0 Å². The minimum Gasteiger partial charge on any atom is -0.497 e. The molecule has 0 spiro atoms. The molecule has 27 heavy (non-hydrogen) atoms. The second-order valence-electron chi connectivity index (χ2n) is 7.29. The first-order chi connectivity index (χ1) is 13.2. The van der Waals surface area contributed by atoms with Crippen molar-refractivity contribution in [2.45, 2.75) is 25.2 Å². The SMILES string of the molecule is COc1cccc([C@H]2C3=C(N=C4CCCC(=O)C42)c2ccccc2C3=O)c1. The fourth-order valence-electron chi connectivity index (χ4n) is 4.64. The molecule has 4 heteroatoms. The molecule has 1 fully saturated rings. The Labute approximate surface area is 157 Å². The average Bonchev–Trinajstić information content (AvgIpc) is 2.99. The molecule has 2 atom stereocenters. The van der Waals surface area contributed by atoms with E-state index >= 15 is 0 Å². The first-order valence-electron chi connectivity index (χ1n) is 9.31. The number of methoxy groups -OCH3 is 1. The van der Waals surface area contributed by atoms with Gasteiger partial charge in [0.25, 0.3) is 0 Å². The molecule has 1 heterocycles. The van der Waals surface area contributed by atoms with Gasteiger partial charge in [0.05, 0.1) is 18.7 Å². The zero-order valence-corrected chi connectivity index (χ0v) is 15.1. The van der Waals surface area contributed by atoms with E-state index in [0.717, 1.165) is 41.1 Å². The second-order valence-corrected chi connectivity index (χ2v) is 7.29. The third kappa shape index (κ3) is 2.33. The van der Waals surface area contributed by atoms with Gasteiger partial charge in [-0.25, -0.2) is 0 Å². The second kappa shape index (κ2) is 6.02. The molecule has 0 amide bonds. The molecule has 134 valence electrons. The molecule has 4 nitrogen and oxygen atoms in total. The molecular weight excluding hydrogens is 338 g/mol. The zero-order chi connectivity index (χ0) is 18.5. The summed E-state index contributed by atoms with van der Waals surface area (Å²) >= 11 is 0. The highest BCUT2D eigenvalue weighted by molar-refractivity contribution is 6.25. The summed E-state index contributed by atoms with van der Waals surface area (Å²) in [6.45, 7) is 0. The summed E-state index contributed by atoms with van der Waals surface area (Å²) in [6, 6.07) is 15.3. The van der Waals surface area contributed by atoms with Gasteiger partial charge in [-0.1, -0.05) is 36.4 Å². The molecule has 0 saturated heterocycles. The highest BCUT2D eigenvalue weighted by Crippen LogP contribution is 2.50. The number of Topliss-reactive ketones (excluding diaryl/α,β-unsaturated/α-hetero) is 2. The van der Waals surface area contributed by atoms with Gasteiger partial charge in [0.1, 0.15) is 11.5 Å². The van der Waals surface area contributed by atoms with Crippen LogP contribution in [-0.4, -0.2) is 24.4 Å². The summed E-state index contributed by atoms with van der Waals surface area (Å²) < 4.78 is 5.39. The predicted octanol–water partition coefficient (Wildman–Crippen LogP) is 4.21. The van der Waals surface area contributed by atoms with Crippen LogP contribution in [0.3, 0.4) is 0 Å². The van der Waals surface area contributed by atoms with Crippen molar-refractivity contribution in [3.05, 3.63) is 70.8 Å². The van der Waals surface area contributed by atoms with Crippen LogP contribution in [0.2, 0.25) is 0 Å². The highest BCUT2D eigenvalue weighted by Gasteiger charge is 2.47. The number of carbonyl (C=O) groups excluding carboxylic acids is 2. The van der Waals surface area contributed by atoms with Crippen LogP contribution in [0.4, 0.5) is 0 Å². The van der Waals surface area contributed by atoms with Gasteiger partial charge in [-0.15, -0.1) is 0 Å². The van der Waals surface area contributed by atoms with Crippen molar-refractivity contribution in [1.29, 1.82) is 0 Å². The molecule has 0 aromatic heterocycles. The largest absolute Gasteiger partial charge is 0.497 e. The molecule has 2 aliphatic carbocycles. The van der Waals surface area contributed by atoms with E-state index < -0.39 is 0 Å². The molecule has 1 unspecified atom stereocenters. The number of rotatable bonds is 2. The summed E-state index contributed by atoms with van der Waals surface area (Å²) in [5, 5.41) is 0. The third-order valence-corrected chi connectivity index (χ3v) is 5.84. The maximum Gasteiger partial charge on any atom is 0.192 e. The van der Waals surface area contributed by atoms with E-state index in [0.29, 0.717) is 17.6 Å². The summed E-state index contributed by atoms with van der Waals surface area (Å²) in [6.07, 6.45) is 2.19. The van der Waals surface area contributed by atoms with E-state index in [1.165, 1.54) is 0 Å². The summed E-state index contributed by atoms with van der Waals surface area (Å²) in [5.74, 6) is 0.265. The van der Waals surface area contributed by atoms with E-state index in [9.17, 15) is 9.59 Å². The number of benzene rings is 2. The van der Waals surface area contributed by atoms with Crippen molar-refractivity contribution < 1.29 is 14.3 Å². The van der Waals surface area contributed by atoms with E-state index in [-0.39, 0.29) is 23.4 Å². The Morgan fingerprint density at radius 1 is 0.963 bits per heavy atom. The Hall–Kier alpha value is -3.01. The van der Waals surface area contributed by atoms with Gasteiger partial charge in [-0.3, -0.25) is 14.6 Å². The van der Waals surface area contributed by atoms with Crippen LogP contribution in [0, 0.1) is 5.92 Å². The standard InChI is InChI=1S/C23H19NO3/c1-27-14-7-4-6-13(12-14)19-20-17(10-5-11-18(20)25)24-22-15-8-2-3-9-16(15)23(26)21(19)22/h2-4,6-9,12,19-20H,5,10-11H2,1H3/t19-,20?/m1/s1. The number of carbonyl (C=O) groups is 2. The van der Waals surface area contributed by atoms with Crippen LogP contribution in [0.1, 0.15) is 46.7 Å². The lowest BCUT2D eigenvalue weighted by atomic mass is 9.69. The van der Waals surface area contributed by atoms with Crippen LogP contribution in [0.15, 0.2) is 59.1 Å². The number of ketones is 2. The Kier molecular flexibility index (Phi) is 3.61. The van der Waals surface area contributed by atoms with Crippen LogP contribution >= 0.6 is 0 Å². The molecule has 2 aromatic rings. The fourth-order valence-corrected chi connectivity index (χ4v) is 4.64. The lowest BCUT2D eigenvalue weighted by molar-refractivity contribution is -0.121. The van der Waals surface area contributed by atoms with Gasteiger partial charge in [0.15, 0.2) is 5.78 Å². The van der Waals surface area contributed by atoms with E-state index in [4.69, 9.17) is 9.73 Å².